The van der Waals surface area contributed by atoms with Crippen molar-refractivity contribution in [1.29, 1.82) is 0 Å². The van der Waals surface area contributed by atoms with Crippen LogP contribution in [0.5, 0.6) is 0 Å². The van der Waals surface area contributed by atoms with Crippen LogP contribution in [0.4, 0.5) is 5.69 Å². The zero-order valence-corrected chi connectivity index (χ0v) is 31.3. The molecule has 7 atom stereocenters. The molecule has 0 radical (unpaired) electrons. The number of aliphatic hydroxyl groups is 6. The van der Waals surface area contributed by atoms with Crippen LogP contribution in [0.1, 0.15) is 46.5 Å². The Morgan fingerprint density at radius 2 is 1.42 bits per heavy atom. The van der Waals surface area contributed by atoms with Gasteiger partial charge in [0.1, 0.15) is 36.4 Å². The molecule has 304 valence electrons. The largest absolute Gasteiger partial charge is 0.394 e. The molecule has 0 unspecified atom stereocenters. The van der Waals surface area contributed by atoms with E-state index >= 15 is 0 Å². The molecule has 0 fully saturated rings. The third-order valence-electron chi connectivity index (χ3n) is 9.06. The first kappa shape index (κ1) is 44.7. The Balaban J connectivity index is 1.65. The standard InChI is InChI=1S/C37H55N7O11/c1-4-44-27-11-6-5-9-22(27)23-16-21(12-13-28(23)44)40-35(53)24(10-7-8-14-38)41-30(48)17-39-34(52)25(15-20(2)3)42-36(54)26(18-45)43-37(55)33(51)32(50)31(49)29(47)19-46/h5-6,9,11-13,16,20,24-26,29,31-33,45-47,49-51H,4,7-8,10,14-15,17-19,38H2,1-3H3,(H,39,52)(H,40,53)(H,41,48)(H,42,54)(H,43,55)/t24-,25-,26-,29+,31+,32-,33+/m0/s1. The minimum Gasteiger partial charge on any atom is -0.394 e. The number of nitrogens with two attached hydrogens (primary N) is 1. The SMILES string of the molecule is CCn1c2ccccc2c2cc(NC(=O)[C@H](CCCCN)NC(=O)CNC(=O)[C@H](CC(C)C)NC(=O)[C@H](CO)NC(=O)[C@H](O)[C@@H](O)[C@H](O)[C@H](O)CO)ccc21. The highest BCUT2D eigenvalue weighted by Gasteiger charge is 2.36. The summed E-state index contributed by atoms with van der Waals surface area (Å²) in [6.07, 6.45) is -7.13. The third kappa shape index (κ3) is 12.1. The van der Waals surface area contributed by atoms with Crippen LogP contribution in [0.15, 0.2) is 42.5 Å². The van der Waals surface area contributed by atoms with Crippen molar-refractivity contribution >= 4 is 57.0 Å². The molecular formula is C37H55N7O11. The van der Waals surface area contributed by atoms with Gasteiger partial charge in [-0.3, -0.25) is 24.0 Å². The first-order valence-electron chi connectivity index (χ1n) is 18.3. The van der Waals surface area contributed by atoms with Gasteiger partial charge in [-0.05, 0) is 69.3 Å². The number of carbonyl (C=O) groups excluding carboxylic acids is 5. The van der Waals surface area contributed by atoms with Crippen LogP contribution in [-0.4, -0.2) is 134 Å². The highest BCUT2D eigenvalue weighted by Crippen LogP contribution is 2.31. The number of nitrogens with zero attached hydrogens (tertiary/aromatic N) is 1. The van der Waals surface area contributed by atoms with E-state index in [2.05, 4.69) is 32.8 Å². The molecule has 1 heterocycles. The Morgan fingerprint density at radius 1 is 0.745 bits per heavy atom. The Kier molecular flexibility index (Phi) is 17.4. The number of carbonyl (C=O) groups is 5. The van der Waals surface area contributed by atoms with Gasteiger partial charge in [0.2, 0.25) is 23.6 Å². The van der Waals surface area contributed by atoms with Gasteiger partial charge in [0.05, 0.1) is 19.8 Å². The van der Waals surface area contributed by atoms with E-state index < -0.39 is 91.8 Å². The predicted octanol–water partition coefficient (Wildman–Crippen LogP) is -2.07. The predicted molar refractivity (Wildman–Crippen MR) is 203 cm³/mol. The number of aliphatic hydroxyl groups excluding tert-OH is 6. The lowest BCUT2D eigenvalue weighted by Gasteiger charge is -2.27. The minimum atomic E-state index is -2.37. The number of benzene rings is 2. The van der Waals surface area contributed by atoms with Gasteiger partial charge in [-0.25, -0.2) is 0 Å². The van der Waals surface area contributed by atoms with E-state index in [0.29, 0.717) is 25.1 Å². The monoisotopic (exact) mass is 773 g/mol. The number of hydrogen-bond acceptors (Lipinski definition) is 12. The first-order chi connectivity index (χ1) is 26.2. The fourth-order valence-corrected chi connectivity index (χ4v) is 6.10. The average molecular weight is 774 g/mol. The number of rotatable bonds is 22. The second-order valence-corrected chi connectivity index (χ2v) is 13.7. The number of aryl methyl sites for hydroxylation is 1. The molecule has 0 aliphatic heterocycles. The fraction of sp³-hybridized carbons (Fsp3) is 0.541. The normalized spacial score (nSPS) is 15.4. The van der Waals surface area contributed by atoms with Crippen molar-refractivity contribution in [2.75, 3.05) is 31.6 Å². The van der Waals surface area contributed by atoms with E-state index in [0.717, 1.165) is 28.4 Å². The molecule has 55 heavy (non-hydrogen) atoms. The summed E-state index contributed by atoms with van der Waals surface area (Å²) in [5.41, 5.74) is 8.28. The Labute approximate surface area is 318 Å². The number of anilines is 1. The van der Waals surface area contributed by atoms with Crippen LogP contribution >= 0.6 is 0 Å². The summed E-state index contributed by atoms with van der Waals surface area (Å²) >= 11 is 0. The number of amides is 5. The lowest BCUT2D eigenvalue weighted by Crippen LogP contribution is -2.59. The van der Waals surface area contributed by atoms with Crippen molar-refractivity contribution in [2.45, 2.75) is 95.5 Å². The van der Waals surface area contributed by atoms with Gasteiger partial charge in [0.15, 0.2) is 6.10 Å². The van der Waals surface area contributed by atoms with E-state index in [1.807, 2.05) is 41.7 Å². The van der Waals surface area contributed by atoms with Crippen LogP contribution < -0.4 is 32.3 Å². The molecule has 1 aromatic heterocycles. The zero-order chi connectivity index (χ0) is 40.8. The van der Waals surface area contributed by atoms with E-state index in [1.165, 1.54) is 0 Å². The van der Waals surface area contributed by atoms with Gasteiger partial charge < -0.3 is 67.5 Å². The van der Waals surface area contributed by atoms with Gasteiger partial charge in [0.25, 0.3) is 5.91 Å². The van der Waals surface area contributed by atoms with Crippen LogP contribution in [0, 0.1) is 5.92 Å². The Morgan fingerprint density at radius 3 is 2.05 bits per heavy atom. The van der Waals surface area contributed by atoms with Crippen molar-refractivity contribution in [3.63, 3.8) is 0 Å². The minimum absolute atomic E-state index is 0.0727. The molecule has 2 aromatic carbocycles. The second-order valence-electron chi connectivity index (χ2n) is 13.7. The van der Waals surface area contributed by atoms with Crippen LogP contribution in [0.3, 0.4) is 0 Å². The average Bonchev–Trinajstić information content (AvgIpc) is 3.49. The van der Waals surface area contributed by atoms with Crippen molar-refractivity contribution in [2.24, 2.45) is 11.7 Å². The first-order valence-corrected chi connectivity index (χ1v) is 18.3. The smallest absolute Gasteiger partial charge is 0.252 e. The topological polar surface area (TPSA) is 298 Å². The highest BCUT2D eigenvalue weighted by atomic mass is 16.4. The van der Waals surface area contributed by atoms with Gasteiger partial charge in [-0.2, -0.15) is 0 Å². The lowest BCUT2D eigenvalue weighted by molar-refractivity contribution is -0.151. The lowest BCUT2D eigenvalue weighted by atomic mass is 10.0. The molecule has 18 nitrogen and oxygen atoms in total. The highest BCUT2D eigenvalue weighted by molar-refractivity contribution is 6.10. The molecule has 18 heteroatoms. The van der Waals surface area contributed by atoms with E-state index in [9.17, 15) is 49.5 Å². The molecule has 5 amide bonds. The fourth-order valence-electron chi connectivity index (χ4n) is 6.10. The number of unbranched alkanes of at least 4 members (excludes halogenated alkanes) is 1. The van der Waals surface area contributed by atoms with Crippen molar-refractivity contribution < 1.29 is 54.6 Å². The molecular weight excluding hydrogens is 718 g/mol. The van der Waals surface area contributed by atoms with Crippen LogP contribution in [0.2, 0.25) is 0 Å². The number of aromatic nitrogens is 1. The quantitative estimate of drug-likeness (QED) is 0.0491. The number of fused-ring (bicyclic) bond motifs is 3. The summed E-state index contributed by atoms with van der Waals surface area (Å²) in [4.78, 5) is 65.3. The molecule has 3 rings (SSSR count). The van der Waals surface area contributed by atoms with E-state index in [1.54, 1.807) is 19.9 Å². The van der Waals surface area contributed by atoms with Gasteiger partial charge >= 0.3 is 0 Å². The Bertz CT molecular complexity index is 1770. The summed E-state index contributed by atoms with van der Waals surface area (Å²) in [6.45, 7) is 4.20. The van der Waals surface area contributed by atoms with Crippen molar-refractivity contribution in [1.82, 2.24) is 25.8 Å². The Hall–Kier alpha value is -4.69. The number of nitrogens with one attached hydrogen (secondary N) is 5. The summed E-state index contributed by atoms with van der Waals surface area (Å²) in [6, 6.07) is 9.64. The molecule has 0 aliphatic carbocycles. The van der Waals surface area contributed by atoms with Crippen LogP contribution in [0.25, 0.3) is 21.8 Å². The maximum Gasteiger partial charge on any atom is 0.252 e. The molecule has 13 N–H and O–H groups in total. The number of hydrogen-bond donors (Lipinski definition) is 12. The zero-order valence-electron chi connectivity index (χ0n) is 31.3. The van der Waals surface area contributed by atoms with Crippen molar-refractivity contribution in [3.05, 3.63) is 42.5 Å². The third-order valence-corrected chi connectivity index (χ3v) is 9.06. The summed E-state index contributed by atoms with van der Waals surface area (Å²) in [5.74, 6) is -4.53. The van der Waals surface area contributed by atoms with Crippen LogP contribution in [-0.2, 0) is 30.5 Å². The van der Waals surface area contributed by atoms with E-state index in [-0.39, 0.29) is 18.8 Å². The molecule has 0 saturated heterocycles. The summed E-state index contributed by atoms with van der Waals surface area (Å²) < 4.78 is 2.18. The van der Waals surface area contributed by atoms with Crippen molar-refractivity contribution in [3.8, 4) is 0 Å². The molecule has 0 aliphatic rings. The summed E-state index contributed by atoms with van der Waals surface area (Å²) in [7, 11) is 0. The summed E-state index contributed by atoms with van der Waals surface area (Å²) in [5, 5.41) is 72.4. The molecule has 0 saturated carbocycles. The number of para-hydroxylation sites is 1. The second kappa shape index (κ2) is 21.4. The van der Waals surface area contributed by atoms with Gasteiger partial charge in [-0.15, -0.1) is 0 Å². The molecule has 0 spiro atoms. The maximum atomic E-state index is 13.5. The van der Waals surface area contributed by atoms with Gasteiger partial charge in [-0.1, -0.05) is 32.0 Å². The van der Waals surface area contributed by atoms with Gasteiger partial charge in [0, 0.05) is 34.0 Å². The molecule has 0 bridgehead atoms. The maximum absolute atomic E-state index is 13.5. The molecule has 3 aromatic rings. The van der Waals surface area contributed by atoms with E-state index in [4.69, 9.17) is 10.8 Å².